The van der Waals surface area contributed by atoms with Gasteiger partial charge in [-0.2, -0.15) is 18.3 Å². The summed E-state index contributed by atoms with van der Waals surface area (Å²) in [5, 5.41) is 18.0. The van der Waals surface area contributed by atoms with Crippen LogP contribution in [-0.2, 0) is 23.9 Å². The molecule has 3 atom stereocenters. The maximum absolute atomic E-state index is 13.5. The number of rotatable bonds is 13. The maximum Gasteiger partial charge on any atom is 0.409 e. The molecule has 0 saturated carbocycles. The normalized spacial score (nSPS) is 17.4. The first-order valence-corrected chi connectivity index (χ1v) is 16.4. The number of hydrogen-bond acceptors (Lipinski definition) is 9. The van der Waals surface area contributed by atoms with Gasteiger partial charge >= 0.3 is 18.2 Å². The van der Waals surface area contributed by atoms with Gasteiger partial charge in [-0.1, -0.05) is 18.2 Å². The molecule has 5 amide bonds. The third-order valence-corrected chi connectivity index (χ3v) is 8.22. The molecule has 2 aliphatic rings. The number of hydrogen-bond donors (Lipinski definition) is 3. The molecule has 4 rings (SSSR count). The fourth-order valence-corrected chi connectivity index (χ4v) is 5.69. The fourth-order valence-electron chi connectivity index (χ4n) is 5.69. The third-order valence-electron chi connectivity index (χ3n) is 8.22. The lowest BCUT2D eigenvalue weighted by atomic mass is 10.1. The van der Waals surface area contributed by atoms with Crippen LogP contribution in [0.5, 0.6) is 5.88 Å². The third kappa shape index (κ3) is 10.3. The van der Waals surface area contributed by atoms with E-state index < -0.39 is 73.0 Å². The van der Waals surface area contributed by atoms with Crippen molar-refractivity contribution in [2.75, 3.05) is 45.9 Å². The molecule has 0 spiro atoms. The Morgan fingerprint density at radius 3 is 2.29 bits per heavy atom. The van der Waals surface area contributed by atoms with E-state index in [-0.39, 0.29) is 63.7 Å². The Bertz CT molecular complexity index is 1580. The van der Waals surface area contributed by atoms with Crippen LogP contribution >= 0.6 is 0 Å². The Kier molecular flexibility index (Phi) is 12.8. The van der Waals surface area contributed by atoms with Gasteiger partial charge in [-0.05, 0) is 45.2 Å². The van der Waals surface area contributed by atoms with E-state index in [1.807, 2.05) is 5.32 Å². The van der Waals surface area contributed by atoms with E-state index in [1.165, 1.54) is 27.5 Å². The van der Waals surface area contributed by atoms with E-state index in [0.29, 0.717) is 12.1 Å². The molecule has 0 aliphatic carbocycles. The van der Waals surface area contributed by atoms with Gasteiger partial charge in [0.25, 0.3) is 11.8 Å². The van der Waals surface area contributed by atoms with Crippen molar-refractivity contribution in [3.05, 3.63) is 42.1 Å². The van der Waals surface area contributed by atoms with E-state index >= 15 is 0 Å². The van der Waals surface area contributed by atoms with Crippen molar-refractivity contribution in [2.24, 2.45) is 0 Å². The van der Waals surface area contributed by atoms with Gasteiger partial charge in [0.1, 0.15) is 18.6 Å². The SMILES string of the molecule is CCOC(=O)N1CCN(C(=O)C(CCC(=O)O)NC(=O)c2cc(OC(C)C(=O)N3CCCC3C(=O)NCC(F)(F)F)n(-c3ccccc3)n2)CC1. The van der Waals surface area contributed by atoms with Crippen molar-refractivity contribution in [1.29, 1.82) is 0 Å². The number of amides is 5. The van der Waals surface area contributed by atoms with Crippen molar-refractivity contribution in [3.63, 3.8) is 0 Å². The zero-order valence-corrected chi connectivity index (χ0v) is 28.1. The van der Waals surface area contributed by atoms with Gasteiger partial charge in [0.2, 0.25) is 17.7 Å². The highest BCUT2D eigenvalue weighted by Crippen LogP contribution is 2.24. The van der Waals surface area contributed by atoms with Crippen LogP contribution in [0.15, 0.2) is 36.4 Å². The van der Waals surface area contributed by atoms with E-state index in [0.717, 1.165) is 4.90 Å². The van der Waals surface area contributed by atoms with Crippen LogP contribution in [0.1, 0.15) is 50.0 Å². The number of carbonyl (C=O) groups is 6. The first-order valence-electron chi connectivity index (χ1n) is 16.4. The second-order valence-corrected chi connectivity index (χ2v) is 11.9. The summed E-state index contributed by atoms with van der Waals surface area (Å²) in [4.78, 5) is 80.4. The molecule has 3 N–H and O–H groups in total. The average molecular weight is 724 g/mol. The Morgan fingerprint density at radius 1 is 1.00 bits per heavy atom. The van der Waals surface area contributed by atoms with Crippen LogP contribution < -0.4 is 15.4 Å². The Labute approximate surface area is 290 Å². The molecule has 3 unspecified atom stereocenters. The molecule has 0 bridgehead atoms. The highest BCUT2D eigenvalue weighted by atomic mass is 19.4. The van der Waals surface area contributed by atoms with Crippen molar-refractivity contribution in [2.45, 2.75) is 63.9 Å². The molecule has 0 radical (unpaired) electrons. The van der Waals surface area contributed by atoms with Gasteiger partial charge in [0.15, 0.2) is 11.8 Å². The van der Waals surface area contributed by atoms with Crippen molar-refractivity contribution in [3.8, 4) is 11.6 Å². The van der Waals surface area contributed by atoms with Crippen LogP contribution in [0.4, 0.5) is 18.0 Å². The smallest absolute Gasteiger partial charge is 0.409 e. The number of ether oxygens (including phenoxy) is 2. The molecule has 2 fully saturated rings. The second kappa shape index (κ2) is 17.0. The maximum atomic E-state index is 13.5. The van der Waals surface area contributed by atoms with Crippen molar-refractivity contribution in [1.82, 2.24) is 35.1 Å². The number of nitrogens with one attached hydrogen (secondary N) is 2. The van der Waals surface area contributed by atoms with Gasteiger partial charge in [0, 0.05) is 45.2 Å². The minimum Gasteiger partial charge on any atom is -0.481 e. The summed E-state index contributed by atoms with van der Waals surface area (Å²) in [5.41, 5.74) is 0.189. The second-order valence-electron chi connectivity index (χ2n) is 11.9. The first-order chi connectivity index (χ1) is 24.2. The molecule has 16 nitrogen and oxygen atoms in total. The number of benzene rings is 1. The van der Waals surface area contributed by atoms with E-state index in [2.05, 4.69) is 10.4 Å². The average Bonchev–Trinajstić information content (AvgIpc) is 3.76. The first kappa shape index (κ1) is 38.4. The minimum atomic E-state index is -4.62. The highest BCUT2D eigenvalue weighted by Gasteiger charge is 2.39. The molecule has 278 valence electrons. The molecule has 3 heterocycles. The van der Waals surface area contributed by atoms with Gasteiger partial charge in [-0.3, -0.25) is 24.0 Å². The summed E-state index contributed by atoms with van der Waals surface area (Å²) in [6.45, 7) is 2.45. The summed E-state index contributed by atoms with van der Waals surface area (Å²) in [6, 6.07) is 7.23. The van der Waals surface area contributed by atoms with Gasteiger partial charge in [-0.25, -0.2) is 9.48 Å². The Morgan fingerprint density at radius 2 is 1.67 bits per heavy atom. The monoisotopic (exact) mass is 723 g/mol. The highest BCUT2D eigenvalue weighted by molar-refractivity contribution is 5.96. The number of aliphatic carboxylic acids is 1. The van der Waals surface area contributed by atoms with Crippen LogP contribution in [0.3, 0.4) is 0 Å². The van der Waals surface area contributed by atoms with Crippen LogP contribution in [-0.4, -0.2) is 136 Å². The molecule has 19 heteroatoms. The predicted octanol–water partition coefficient (Wildman–Crippen LogP) is 1.57. The minimum absolute atomic E-state index is 0.0760. The lowest BCUT2D eigenvalue weighted by Gasteiger charge is -2.35. The number of para-hydroxylation sites is 1. The number of halogens is 3. The molecule has 1 aromatic carbocycles. The summed E-state index contributed by atoms with van der Waals surface area (Å²) in [7, 11) is 0. The van der Waals surface area contributed by atoms with Crippen molar-refractivity contribution < 1.29 is 56.5 Å². The van der Waals surface area contributed by atoms with E-state index in [9.17, 15) is 47.0 Å². The number of likely N-dealkylation sites (tertiary alicyclic amines) is 1. The molecule has 2 aliphatic heterocycles. The van der Waals surface area contributed by atoms with E-state index in [4.69, 9.17) is 9.47 Å². The zero-order chi connectivity index (χ0) is 37.3. The predicted molar refractivity (Wildman–Crippen MR) is 171 cm³/mol. The number of carbonyl (C=O) groups excluding carboxylic acids is 5. The largest absolute Gasteiger partial charge is 0.481 e. The Hall–Kier alpha value is -5.36. The molecule has 1 aromatic heterocycles. The van der Waals surface area contributed by atoms with Gasteiger partial charge in [-0.15, -0.1) is 0 Å². The standard InChI is InChI=1S/C32H40F3N7O9/c1-3-50-31(49)40-16-14-39(15-17-40)30(48)22(11-12-26(43)44)37-27(45)23-18-25(42(38-23)21-8-5-4-6-9-21)51-20(2)29(47)41-13-7-10-24(41)28(46)36-19-32(33,34)35/h4-6,8-9,18,20,22,24H,3,7,10-17,19H2,1-2H3,(H,36,46)(H,37,45)(H,43,44). The topological polar surface area (TPSA) is 193 Å². The summed E-state index contributed by atoms with van der Waals surface area (Å²) >= 11 is 0. The lowest BCUT2D eigenvalue weighted by molar-refractivity contribution is -0.147. The molecule has 2 saturated heterocycles. The zero-order valence-electron chi connectivity index (χ0n) is 28.1. The quantitative estimate of drug-likeness (QED) is 0.273. The van der Waals surface area contributed by atoms with Crippen molar-refractivity contribution >= 4 is 35.7 Å². The van der Waals surface area contributed by atoms with Gasteiger partial charge < -0.3 is 39.9 Å². The number of aromatic nitrogens is 2. The molecular formula is C32H40F3N7O9. The fraction of sp³-hybridized carbons (Fsp3) is 0.531. The van der Waals surface area contributed by atoms with Crippen LogP contribution in [0, 0.1) is 0 Å². The molecular weight excluding hydrogens is 683 g/mol. The number of piperazine rings is 1. The Balaban J connectivity index is 1.51. The number of nitrogens with zero attached hydrogens (tertiary/aromatic N) is 5. The molecule has 2 aromatic rings. The number of carboxylic acid groups (broad SMARTS) is 1. The lowest BCUT2D eigenvalue weighted by Crippen LogP contribution is -2.56. The summed E-state index contributed by atoms with van der Waals surface area (Å²) in [6.07, 6.45) is -6.53. The summed E-state index contributed by atoms with van der Waals surface area (Å²) in [5.74, 6) is -4.27. The van der Waals surface area contributed by atoms with Crippen LogP contribution in [0.25, 0.3) is 5.69 Å². The summed E-state index contributed by atoms with van der Waals surface area (Å²) < 4.78 is 50.2. The molecule has 51 heavy (non-hydrogen) atoms. The van der Waals surface area contributed by atoms with Crippen LogP contribution in [0.2, 0.25) is 0 Å². The number of carboxylic acids is 1. The van der Waals surface area contributed by atoms with Gasteiger partial charge in [0.05, 0.1) is 12.3 Å². The number of alkyl halides is 3. The van der Waals surface area contributed by atoms with E-state index in [1.54, 1.807) is 37.3 Å².